The molecule has 7 heteroatoms. The first-order chi connectivity index (χ1) is 19.7. The number of nitrogens with zero attached hydrogens (tertiary/aromatic N) is 3. The molecule has 2 N–H and O–H groups in total. The molecule has 2 aromatic rings. The van der Waals surface area contributed by atoms with Gasteiger partial charge >= 0.3 is 0 Å². The van der Waals surface area contributed by atoms with Gasteiger partial charge in [0.25, 0.3) is 5.91 Å². The molecule has 41 heavy (non-hydrogen) atoms. The van der Waals surface area contributed by atoms with E-state index < -0.39 is 0 Å². The molecule has 2 aliphatic heterocycles. The molecule has 4 rings (SSSR count). The minimum Gasteiger partial charge on any atom is -0.357 e. The third-order valence-electron chi connectivity index (χ3n) is 6.14. The van der Waals surface area contributed by atoms with Crippen LogP contribution in [0.1, 0.15) is 103 Å². The highest BCUT2D eigenvalue weighted by atomic mass is 31.1. The van der Waals surface area contributed by atoms with Crippen LogP contribution in [0.5, 0.6) is 0 Å². The quantitative estimate of drug-likeness (QED) is 0.307. The van der Waals surface area contributed by atoms with Gasteiger partial charge < -0.3 is 10.2 Å². The van der Waals surface area contributed by atoms with E-state index in [9.17, 15) is 4.79 Å². The minimum absolute atomic E-state index is 0.108. The lowest BCUT2D eigenvalue weighted by atomic mass is 10.1. The van der Waals surface area contributed by atoms with E-state index in [1.165, 1.54) is 19.3 Å². The van der Waals surface area contributed by atoms with Gasteiger partial charge in [-0.15, -0.1) is 0 Å². The molecular formula is C34H52N5OP. The third-order valence-corrected chi connectivity index (χ3v) is 7.37. The Balaban J connectivity index is 0.000000759. The van der Waals surface area contributed by atoms with Crippen LogP contribution in [-0.4, -0.2) is 36.0 Å². The zero-order valence-corrected chi connectivity index (χ0v) is 27.3. The van der Waals surface area contributed by atoms with Crippen LogP contribution in [0.15, 0.2) is 71.3 Å². The average molecular weight is 578 g/mol. The van der Waals surface area contributed by atoms with Crippen LogP contribution in [0.25, 0.3) is 0 Å². The van der Waals surface area contributed by atoms with Gasteiger partial charge in [0, 0.05) is 37.2 Å². The molecule has 6 nitrogen and oxygen atoms in total. The molecule has 3 unspecified atom stereocenters. The Morgan fingerprint density at radius 1 is 1.12 bits per heavy atom. The number of anilines is 2. The number of carbonyl (C=O) groups is 1. The molecule has 1 saturated heterocycles. The highest BCUT2D eigenvalue weighted by Gasteiger charge is 2.19. The summed E-state index contributed by atoms with van der Waals surface area (Å²) < 4.78 is 0. The largest absolute Gasteiger partial charge is 0.357 e. The van der Waals surface area contributed by atoms with E-state index in [1.54, 1.807) is 6.20 Å². The first-order valence-corrected chi connectivity index (χ1v) is 16.3. The lowest BCUT2D eigenvalue weighted by Gasteiger charge is -2.25. The average Bonchev–Trinajstić information content (AvgIpc) is 3.48. The Hall–Kier alpha value is -2.82. The van der Waals surface area contributed by atoms with Gasteiger partial charge in [-0.2, -0.15) is 0 Å². The molecule has 3 heterocycles. The smallest absolute Gasteiger partial charge is 0.257 e. The fourth-order valence-electron chi connectivity index (χ4n) is 4.18. The summed E-state index contributed by atoms with van der Waals surface area (Å²) in [5, 5.41) is 7.75. The number of benzene rings is 1. The number of hydrogen-bond donors (Lipinski definition) is 2. The summed E-state index contributed by atoms with van der Waals surface area (Å²) in [4.78, 5) is 24.1. The zero-order valence-electron chi connectivity index (χ0n) is 26.3. The van der Waals surface area contributed by atoms with Crippen molar-refractivity contribution in [2.24, 2.45) is 10.9 Å². The number of aromatic nitrogens is 1. The molecule has 2 aliphatic rings. The summed E-state index contributed by atoms with van der Waals surface area (Å²) in [6.45, 7) is 21.3. The van der Waals surface area contributed by atoms with Crippen LogP contribution in [0.4, 0.5) is 11.5 Å². The van der Waals surface area contributed by atoms with E-state index in [-0.39, 0.29) is 17.7 Å². The number of hydrogen-bond acceptors (Lipinski definition) is 5. The van der Waals surface area contributed by atoms with Crippen LogP contribution in [0, 0.1) is 5.92 Å². The standard InChI is InChI=1S/C27H34N5OP.C4H10.C3H8/c1-4-5-11-24-20(3)34-26(18-28-24)30-19(2)21-9-8-10-23(16-21)31-27(33)22-12-13-25(29-17-22)32-14-6-7-15-32;1-4(2)3;1-3-2/h8-13,16-19,26,30,34H,3-7,14-15H2,1-2H3,(H,31,33);4H,1-3H3;3H2,1-2H3/b24-11+;;. The number of nitrogens with one attached hydrogen (secondary N) is 2. The molecule has 1 aromatic carbocycles. The van der Waals surface area contributed by atoms with Crippen molar-refractivity contribution in [1.82, 2.24) is 10.3 Å². The van der Waals surface area contributed by atoms with Gasteiger partial charge in [-0.1, -0.05) is 87.8 Å². The Morgan fingerprint density at radius 2 is 1.80 bits per heavy atom. The molecule has 1 aromatic heterocycles. The second-order valence-electron chi connectivity index (χ2n) is 11.3. The minimum atomic E-state index is -0.151. The summed E-state index contributed by atoms with van der Waals surface area (Å²) >= 11 is 0. The SMILES string of the molecule is C=C1PC(NC(C)c2cccc(NC(=O)c3ccc(N4CCCC4)nc3)c2)C=N/C1=C/CCC.CC(C)C.CCC. The Bertz CT molecular complexity index is 1130. The molecule has 1 fully saturated rings. The van der Waals surface area contributed by atoms with Crippen LogP contribution in [0.3, 0.4) is 0 Å². The van der Waals surface area contributed by atoms with Crippen molar-refractivity contribution in [2.45, 2.75) is 92.4 Å². The molecule has 1 amide bonds. The number of carbonyl (C=O) groups excluding carboxylic acids is 1. The van der Waals surface area contributed by atoms with Crippen LogP contribution < -0.4 is 15.5 Å². The second-order valence-corrected chi connectivity index (χ2v) is 12.8. The molecule has 0 bridgehead atoms. The molecule has 0 saturated carbocycles. The number of rotatable bonds is 8. The zero-order chi connectivity index (χ0) is 30.2. The van der Waals surface area contributed by atoms with Crippen LogP contribution >= 0.6 is 8.58 Å². The lowest BCUT2D eigenvalue weighted by molar-refractivity contribution is 0.102. The van der Waals surface area contributed by atoms with E-state index in [4.69, 9.17) is 0 Å². The van der Waals surface area contributed by atoms with Crippen LogP contribution in [0.2, 0.25) is 0 Å². The van der Waals surface area contributed by atoms with Gasteiger partial charge in [0.15, 0.2) is 0 Å². The maximum absolute atomic E-state index is 12.8. The predicted octanol–water partition coefficient (Wildman–Crippen LogP) is 8.95. The maximum atomic E-state index is 12.8. The monoisotopic (exact) mass is 577 g/mol. The number of unbranched alkanes of at least 4 members (excludes halogenated alkanes) is 1. The highest BCUT2D eigenvalue weighted by molar-refractivity contribution is 7.45. The van der Waals surface area contributed by atoms with Gasteiger partial charge in [-0.05, 0) is 67.2 Å². The van der Waals surface area contributed by atoms with Crippen molar-refractivity contribution >= 4 is 32.2 Å². The first-order valence-electron chi connectivity index (χ1n) is 15.3. The number of pyridine rings is 1. The topological polar surface area (TPSA) is 69.6 Å². The van der Waals surface area contributed by atoms with Crippen molar-refractivity contribution in [2.75, 3.05) is 23.3 Å². The van der Waals surface area contributed by atoms with E-state index in [0.29, 0.717) is 14.1 Å². The summed E-state index contributed by atoms with van der Waals surface area (Å²) in [6.07, 6.45) is 11.6. The van der Waals surface area contributed by atoms with Crippen molar-refractivity contribution < 1.29 is 4.79 Å². The molecular weight excluding hydrogens is 525 g/mol. The fraction of sp³-hybridized carbons (Fsp3) is 0.500. The van der Waals surface area contributed by atoms with E-state index >= 15 is 0 Å². The lowest BCUT2D eigenvalue weighted by Crippen LogP contribution is -2.30. The molecule has 0 radical (unpaired) electrons. The molecule has 3 atom stereocenters. The Morgan fingerprint density at radius 3 is 2.39 bits per heavy atom. The van der Waals surface area contributed by atoms with Crippen molar-refractivity contribution in [1.29, 1.82) is 0 Å². The van der Waals surface area contributed by atoms with E-state index in [0.717, 1.165) is 59.9 Å². The van der Waals surface area contributed by atoms with Gasteiger partial charge in [0.05, 0.1) is 17.0 Å². The van der Waals surface area contributed by atoms with E-state index in [1.807, 2.05) is 36.5 Å². The van der Waals surface area contributed by atoms with Crippen molar-refractivity contribution in [3.8, 4) is 0 Å². The molecule has 0 spiro atoms. The number of aliphatic imine (C=N–C) groups is 1. The van der Waals surface area contributed by atoms with Gasteiger partial charge in [-0.3, -0.25) is 15.1 Å². The van der Waals surface area contributed by atoms with Gasteiger partial charge in [0.1, 0.15) is 5.82 Å². The van der Waals surface area contributed by atoms with E-state index in [2.05, 4.69) is 92.7 Å². The number of amides is 1. The second kappa shape index (κ2) is 18.6. The predicted molar refractivity (Wildman–Crippen MR) is 181 cm³/mol. The van der Waals surface area contributed by atoms with Gasteiger partial charge in [0.2, 0.25) is 0 Å². The first kappa shape index (κ1) is 34.4. The summed E-state index contributed by atoms with van der Waals surface area (Å²) in [6, 6.07) is 11.9. The Kier molecular flexibility index (Phi) is 15.6. The maximum Gasteiger partial charge on any atom is 0.257 e. The van der Waals surface area contributed by atoms with Crippen molar-refractivity contribution in [3.63, 3.8) is 0 Å². The fourth-order valence-corrected chi connectivity index (χ4v) is 5.35. The number of allylic oxidation sites excluding steroid dienone is 2. The summed E-state index contributed by atoms with van der Waals surface area (Å²) in [5.74, 6) is 1.79. The van der Waals surface area contributed by atoms with Crippen molar-refractivity contribution in [3.05, 3.63) is 77.4 Å². The van der Waals surface area contributed by atoms with Crippen LogP contribution in [-0.2, 0) is 0 Å². The summed E-state index contributed by atoms with van der Waals surface area (Å²) in [7, 11) is 0.568. The summed E-state index contributed by atoms with van der Waals surface area (Å²) in [5.41, 5.74) is 3.47. The highest BCUT2D eigenvalue weighted by Crippen LogP contribution is 2.37. The molecule has 0 aliphatic carbocycles. The normalized spacial score (nSPS) is 18.5. The third kappa shape index (κ3) is 12.3. The molecule has 224 valence electrons. The Labute approximate surface area is 251 Å². The van der Waals surface area contributed by atoms with Gasteiger partial charge in [-0.25, -0.2) is 4.98 Å².